The summed E-state index contributed by atoms with van der Waals surface area (Å²) in [6.45, 7) is 4.54. The Morgan fingerprint density at radius 1 is 1.42 bits per heavy atom. The molecular formula is C12H22N4O3. The Balaban J connectivity index is 3.02. The minimum atomic E-state index is -0.429. The second kappa shape index (κ2) is 7.20. The van der Waals surface area contributed by atoms with Crippen LogP contribution in [-0.4, -0.2) is 41.7 Å². The van der Waals surface area contributed by atoms with Gasteiger partial charge in [-0.05, 0) is 20.3 Å². The maximum absolute atomic E-state index is 11.1. The molecule has 2 unspecified atom stereocenters. The van der Waals surface area contributed by atoms with Crippen molar-refractivity contribution >= 4 is 5.91 Å². The summed E-state index contributed by atoms with van der Waals surface area (Å²) in [7, 11) is 3.27. The van der Waals surface area contributed by atoms with Crippen LogP contribution >= 0.6 is 0 Å². The molecule has 1 aromatic rings. The van der Waals surface area contributed by atoms with Crippen molar-refractivity contribution in [2.24, 2.45) is 5.73 Å². The number of primary amides is 1. The number of hydrogen-bond acceptors (Lipinski definition) is 5. The zero-order chi connectivity index (χ0) is 14.4. The fraction of sp³-hybridized carbons (Fsp3) is 0.750. The maximum Gasteiger partial charge on any atom is 0.223 e. The lowest BCUT2D eigenvalue weighted by Crippen LogP contribution is -2.18. The van der Waals surface area contributed by atoms with Crippen LogP contribution in [-0.2, 0) is 20.7 Å². The van der Waals surface area contributed by atoms with Crippen molar-refractivity contribution in [1.29, 1.82) is 0 Å². The number of ether oxygens (including phenoxy) is 2. The normalized spacial score (nSPS) is 14.3. The van der Waals surface area contributed by atoms with Gasteiger partial charge in [0, 0.05) is 20.8 Å². The number of nitrogens with two attached hydrogens (primary N) is 1. The molecule has 1 amide bonds. The van der Waals surface area contributed by atoms with Crippen molar-refractivity contribution < 1.29 is 14.3 Å². The van der Waals surface area contributed by atoms with Crippen molar-refractivity contribution in [3.05, 3.63) is 11.4 Å². The summed E-state index contributed by atoms with van der Waals surface area (Å²) < 4.78 is 12.2. The molecule has 1 heterocycles. The van der Waals surface area contributed by atoms with Crippen molar-refractivity contribution in [3.63, 3.8) is 0 Å². The topological polar surface area (TPSA) is 92.3 Å². The summed E-state index contributed by atoms with van der Waals surface area (Å²) in [4.78, 5) is 11.1. The maximum atomic E-state index is 11.1. The van der Waals surface area contributed by atoms with Gasteiger partial charge in [0.05, 0.1) is 30.0 Å². The third kappa shape index (κ3) is 4.00. The fourth-order valence-corrected chi connectivity index (χ4v) is 1.89. The van der Waals surface area contributed by atoms with Gasteiger partial charge in [0.2, 0.25) is 5.91 Å². The molecule has 2 atom stereocenters. The summed E-state index contributed by atoms with van der Waals surface area (Å²) in [6.07, 6.45) is 0.675. The van der Waals surface area contributed by atoms with E-state index in [-0.39, 0.29) is 18.6 Å². The lowest BCUT2D eigenvalue weighted by atomic mass is 10.1. The van der Waals surface area contributed by atoms with Crippen molar-refractivity contribution in [3.8, 4) is 0 Å². The molecule has 7 heteroatoms. The van der Waals surface area contributed by atoms with Crippen LogP contribution in [0.3, 0.4) is 0 Å². The number of aromatic nitrogens is 3. The van der Waals surface area contributed by atoms with Crippen LogP contribution in [0.5, 0.6) is 0 Å². The average Bonchev–Trinajstić information content (AvgIpc) is 2.77. The first-order valence-electron chi connectivity index (χ1n) is 6.25. The third-order valence-corrected chi connectivity index (χ3v) is 3.04. The molecule has 1 rings (SSSR count). The lowest BCUT2D eigenvalue weighted by Gasteiger charge is -2.18. The number of amides is 1. The van der Waals surface area contributed by atoms with E-state index in [1.54, 1.807) is 18.9 Å². The first kappa shape index (κ1) is 15.6. The Morgan fingerprint density at radius 3 is 2.63 bits per heavy atom. The van der Waals surface area contributed by atoms with Gasteiger partial charge in [0.25, 0.3) is 0 Å². The van der Waals surface area contributed by atoms with Gasteiger partial charge in [-0.25, -0.2) is 4.68 Å². The molecule has 0 aliphatic heterocycles. The zero-order valence-electron chi connectivity index (χ0n) is 11.9. The van der Waals surface area contributed by atoms with Gasteiger partial charge < -0.3 is 15.2 Å². The minimum Gasteiger partial charge on any atom is -0.385 e. The van der Waals surface area contributed by atoms with Crippen LogP contribution in [0.4, 0.5) is 0 Å². The molecule has 0 radical (unpaired) electrons. The number of carbonyl (C=O) groups is 1. The van der Waals surface area contributed by atoms with Gasteiger partial charge in [0.1, 0.15) is 0 Å². The predicted octanol–water partition coefficient (Wildman–Crippen LogP) is 0.611. The monoisotopic (exact) mass is 270 g/mol. The second-order valence-electron chi connectivity index (χ2n) is 4.52. The van der Waals surface area contributed by atoms with Gasteiger partial charge >= 0.3 is 0 Å². The van der Waals surface area contributed by atoms with Gasteiger partial charge in [-0.15, -0.1) is 5.10 Å². The Morgan fingerprint density at radius 2 is 2.11 bits per heavy atom. The van der Waals surface area contributed by atoms with E-state index in [2.05, 4.69) is 10.3 Å². The smallest absolute Gasteiger partial charge is 0.223 e. The van der Waals surface area contributed by atoms with E-state index in [9.17, 15) is 4.79 Å². The average molecular weight is 270 g/mol. The second-order valence-corrected chi connectivity index (χ2v) is 4.52. The summed E-state index contributed by atoms with van der Waals surface area (Å²) in [6, 6.07) is 0.113. The molecule has 1 aromatic heterocycles. The number of nitrogens with zero attached hydrogens (tertiary/aromatic N) is 3. The van der Waals surface area contributed by atoms with E-state index in [0.29, 0.717) is 12.3 Å². The predicted molar refractivity (Wildman–Crippen MR) is 69.5 cm³/mol. The van der Waals surface area contributed by atoms with E-state index in [4.69, 9.17) is 15.2 Å². The highest BCUT2D eigenvalue weighted by Gasteiger charge is 2.22. The number of carbonyl (C=O) groups excluding carboxylic acids is 1. The van der Waals surface area contributed by atoms with E-state index >= 15 is 0 Å². The highest BCUT2D eigenvalue weighted by molar-refractivity contribution is 5.76. The molecule has 108 valence electrons. The van der Waals surface area contributed by atoms with Crippen LogP contribution in [0.15, 0.2) is 0 Å². The quantitative estimate of drug-likeness (QED) is 0.747. The first-order valence-corrected chi connectivity index (χ1v) is 6.25. The van der Waals surface area contributed by atoms with Gasteiger partial charge in [-0.2, -0.15) is 0 Å². The highest BCUT2D eigenvalue weighted by Crippen LogP contribution is 2.23. The molecule has 0 bridgehead atoms. The Hall–Kier alpha value is -1.47. The Kier molecular flexibility index (Phi) is 5.91. The van der Waals surface area contributed by atoms with Crippen LogP contribution in [0.1, 0.15) is 43.8 Å². The molecule has 0 saturated heterocycles. The summed E-state index contributed by atoms with van der Waals surface area (Å²) in [5, 5.41) is 8.16. The molecule has 0 fully saturated rings. The van der Waals surface area contributed by atoms with E-state index in [1.165, 1.54) is 0 Å². The van der Waals surface area contributed by atoms with E-state index in [1.807, 2.05) is 13.8 Å². The number of rotatable bonds is 8. The van der Waals surface area contributed by atoms with Crippen LogP contribution < -0.4 is 5.73 Å². The number of hydrogen-bond donors (Lipinski definition) is 1. The SMILES string of the molecule is COCCC(C)n1nnc(CC(N)=O)c1C(C)OC. The largest absolute Gasteiger partial charge is 0.385 e. The molecular weight excluding hydrogens is 248 g/mol. The highest BCUT2D eigenvalue weighted by atomic mass is 16.5. The van der Waals surface area contributed by atoms with Gasteiger partial charge in [0.15, 0.2) is 0 Å². The molecule has 7 nitrogen and oxygen atoms in total. The molecule has 19 heavy (non-hydrogen) atoms. The van der Waals surface area contributed by atoms with Crippen molar-refractivity contribution in [2.75, 3.05) is 20.8 Å². The van der Waals surface area contributed by atoms with E-state index in [0.717, 1.165) is 12.1 Å². The lowest BCUT2D eigenvalue weighted by molar-refractivity contribution is -0.117. The third-order valence-electron chi connectivity index (χ3n) is 3.04. The van der Waals surface area contributed by atoms with Gasteiger partial charge in [-0.3, -0.25) is 4.79 Å². The fourth-order valence-electron chi connectivity index (χ4n) is 1.89. The van der Waals surface area contributed by atoms with Crippen LogP contribution in [0.25, 0.3) is 0 Å². The van der Waals surface area contributed by atoms with Crippen LogP contribution in [0.2, 0.25) is 0 Å². The Bertz CT molecular complexity index is 419. The zero-order valence-corrected chi connectivity index (χ0v) is 11.9. The van der Waals surface area contributed by atoms with Crippen molar-refractivity contribution in [2.45, 2.75) is 38.8 Å². The first-order chi connectivity index (χ1) is 9.01. The standard InChI is InChI=1S/C12H22N4O3/c1-8(5-6-18-3)16-12(9(2)19-4)10(14-15-16)7-11(13)17/h8-9H,5-7H2,1-4H3,(H2,13,17). The molecule has 0 saturated carbocycles. The minimum absolute atomic E-state index is 0.0695. The molecule has 0 aromatic carbocycles. The van der Waals surface area contributed by atoms with E-state index < -0.39 is 5.91 Å². The molecule has 0 spiro atoms. The number of methoxy groups -OCH3 is 2. The molecule has 0 aliphatic carbocycles. The summed E-state index contributed by atoms with van der Waals surface area (Å²) >= 11 is 0. The molecule has 0 aliphatic rings. The van der Waals surface area contributed by atoms with Crippen LogP contribution in [0, 0.1) is 0 Å². The van der Waals surface area contributed by atoms with Gasteiger partial charge in [-0.1, -0.05) is 5.21 Å². The van der Waals surface area contributed by atoms with Crippen molar-refractivity contribution in [1.82, 2.24) is 15.0 Å². The summed E-state index contributed by atoms with van der Waals surface area (Å²) in [5.41, 5.74) is 6.60. The molecule has 2 N–H and O–H groups in total. The summed E-state index contributed by atoms with van der Waals surface area (Å²) in [5.74, 6) is -0.429. The Labute approximate surface area is 113 Å².